The fraction of sp³-hybridized carbons (Fsp3) is 0.542. The van der Waals surface area contributed by atoms with Crippen LogP contribution < -0.4 is 10.0 Å². The SMILES string of the molecule is C[C@H](NS(=O)(=O)c1ccc(-c2sc(C(=O)NCC(C)(C)O)nc2C(=O)N2CCC(C)(F)CC2)c(Cl)c1Cl)C(F)(F)F. The van der Waals surface area contributed by atoms with E-state index in [2.05, 4.69) is 10.3 Å². The third kappa shape index (κ3) is 8.08. The molecule has 0 saturated carbocycles. The van der Waals surface area contributed by atoms with Crippen molar-refractivity contribution in [2.75, 3.05) is 19.6 Å². The number of amides is 2. The number of aliphatic hydroxyl groups is 1. The molecule has 1 aromatic heterocycles. The minimum Gasteiger partial charge on any atom is -0.389 e. The van der Waals surface area contributed by atoms with E-state index in [1.54, 1.807) is 0 Å². The van der Waals surface area contributed by atoms with Gasteiger partial charge in [-0.1, -0.05) is 29.3 Å². The molecule has 2 aromatic rings. The smallest absolute Gasteiger partial charge is 0.389 e. The number of hydrogen-bond donors (Lipinski definition) is 3. The molecular formula is C24H28Cl2F4N4O5S2. The van der Waals surface area contributed by atoms with Crippen LogP contribution in [0.5, 0.6) is 0 Å². The molecule has 41 heavy (non-hydrogen) atoms. The van der Waals surface area contributed by atoms with Gasteiger partial charge in [-0.15, -0.1) is 11.3 Å². The lowest BCUT2D eigenvalue weighted by molar-refractivity contribution is -0.147. The van der Waals surface area contributed by atoms with Crippen LogP contribution >= 0.6 is 34.5 Å². The van der Waals surface area contributed by atoms with E-state index in [0.29, 0.717) is 6.92 Å². The summed E-state index contributed by atoms with van der Waals surface area (Å²) in [5.41, 5.74) is -2.95. The van der Waals surface area contributed by atoms with Crippen molar-refractivity contribution in [1.29, 1.82) is 0 Å². The van der Waals surface area contributed by atoms with Gasteiger partial charge in [0.2, 0.25) is 10.0 Å². The van der Waals surface area contributed by atoms with E-state index in [9.17, 15) is 40.7 Å². The first-order valence-corrected chi connectivity index (χ1v) is 15.3. The van der Waals surface area contributed by atoms with Gasteiger partial charge in [-0.05, 0) is 46.6 Å². The molecule has 3 rings (SSSR count). The average Bonchev–Trinajstić information content (AvgIpc) is 3.27. The molecule has 2 amide bonds. The van der Waals surface area contributed by atoms with Crippen molar-refractivity contribution in [2.45, 2.75) is 68.9 Å². The van der Waals surface area contributed by atoms with Crippen LogP contribution in [0.3, 0.4) is 0 Å². The number of sulfonamides is 1. The molecule has 17 heteroatoms. The standard InChI is InChI=1S/C24H28Cl2F4N4O5S2/c1-12(24(28,29)30)33-41(38,39)14-6-5-13(15(25)16(14)26)18-17(21(36)34-9-7-23(4,27)8-10-34)32-20(40-18)19(35)31-11-22(2,3)37/h5-6,12,33,37H,7-11H2,1-4H3,(H,31,35)/t12-/m0/s1. The van der Waals surface area contributed by atoms with Crippen molar-refractivity contribution in [3.8, 4) is 10.4 Å². The van der Waals surface area contributed by atoms with Crippen LogP contribution in [0.2, 0.25) is 10.0 Å². The van der Waals surface area contributed by atoms with Gasteiger partial charge in [0.05, 0.1) is 20.5 Å². The monoisotopic (exact) mass is 662 g/mol. The normalized spacial score (nSPS) is 16.9. The number of rotatable bonds is 8. The maximum atomic E-state index is 14.3. The minimum absolute atomic E-state index is 0.00536. The Morgan fingerprint density at radius 3 is 2.32 bits per heavy atom. The van der Waals surface area contributed by atoms with Gasteiger partial charge in [0.25, 0.3) is 11.8 Å². The van der Waals surface area contributed by atoms with E-state index in [1.807, 2.05) is 0 Å². The number of carbonyl (C=O) groups excluding carboxylic acids is 2. The topological polar surface area (TPSA) is 129 Å². The highest BCUT2D eigenvalue weighted by atomic mass is 35.5. The Morgan fingerprint density at radius 2 is 1.78 bits per heavy atom. The van der Waals surface area contributed by atoms with E-state index in [-0.39, 0.29) is 53.6 Å². The number of hydrogen-bond acceptors (Lipinski definition) is 7. The fourth-order valence-electron chi connectivity index (χ4n) is 3.72. The van der Waals surface area contributed by atoms with Crippen molar-refractivity contribution < 1.29 is 40.7 Å². The third-order valence-corrected chi connectivity index (χ3v) is 9.87. The number of carbonyl (C=O) groups is 2. The largest absolute Gasteiger partial charge is 0.404 e. The first-order valence-electron chi connectivity index (χ1n) is 12.2. The predicted molar refractivity (Wildman–Crippen MR) is 147 cm³/mol. The van der Waals surface area contributed by atoms with E-state index in [0.717, 1.165) is 23.5 Å². The van der Waals surface area contributed by atoms with Crippen LogP contribution in [-0.2, 0) is 10.0 Å². The van der Waals surface area contributed by atoms with Crippen LogP contribution in [-0.4, -0.2) is 78.3 Å². The molecule has 0 spiro atoms. The van der Waals surface area contributed by atoms with Crippen LogP contribution in [0.25, 0.3) is 10.4 Å². The Balaban J connectivity index is 2.07. The second kappa shape index (κ2) is 11.9. The summed E-state index contributed by atoms with van der Waals surface area (Å²) in [6.07, 6.45) is -4.73. The summed E-state index contributed by atoms with van der Waals surface area (Å²) in [7, 11) is -4.78. The molecule has 9 nitrogen and oxygen atoms in total. The van der Waals surface area contributed by atoms with Crippen molar-refractivity contribution >= 4 is 56.4 Å². The number of halogens is 6. The van der Waals surface area contributed by atoms with Gasteiger partial charge in [0, 0.05) is 25.2 Å². The van der Waals surface area contributed by atoms with Crippen LogP contribution in [0.4, 0.5) is 17.6 Å². The average molecular weight is 664 g/mol. The summed E-state index contributed by atoms with van der Waals surface area (Å²) in [6.45, 7) is 4.96. The first kappa shape index (κ1) is 33.5. The lowest BCUT2D eigenvalue weighted by Gasteiger charge is -2.33. The van der Waals surface area contributed by atoms with Crippen LogP contribution in [0.15, 0.2) is 17.0 Å². The van der Waals surface area contributed by atoms with Crippen LogP contribution in [0.1, 0.15) is 60.8 Å². The van der Waals surface area contributed by atoms with Crippen molar-refractivity contribution in [3.63, 3.8) is 0 Å². The summed E-state index contributed by atoms with van der Waals surface area (Å²) in [4.78, 5) is 31.1. The Bertz CT molecular complexity index is 1430. The number of aromatic nitrogens is 1. The Hall–Kier alpha value is -2.04. The molecule has 1 saturated heterocycles. The van der Waals surface area contributed by atoms with E-state index in [4.69, 9.17) is 23.2 Å². The number of nitrogens with zero attached hydrogens (tertiary/aromatic N) is 2. The summed E-state index contributed by atoms with van der Waals surface area (Å²) in [5, 5.41) is 11.2. The summed E-state index contributed by atoms with van der Waals surface area (Å²) < 4.78 is 80.1. The highest BCUT2D eigenvalue weighted by Gasteiger charge is 2.40. The molecule has 1 aliphatic heterocycles. The highest BCUT2D eigenvalue weighted by molar-refractivity contribution is 7.89. The number of piperidine rings is 1. The van der Waals surface area contributed by atoms with Gasteiger partial charge < -0.3 is 15.3 Å². The Kier molecular flexibility index (Phi) is 9.73. The zero-order valence-electron chi connectivity index (χ0n) is 22.3. The van der Waals surface area contributed by atoms with Crippen molar-refractivity contribution in [2.24, 2.45) is 0 Å². The summed E-state index contributed by atoms with van der Waals surface area (Å²) in [6, 6.07) is -0.362. The third-order valence-electron chi connectivity index (χ3n) is 6.20. The lowest BCUT2D eigenvalue weighted by Crippen LogP contribution is -2.43. The van der Waals surface area contributed by atoms with Crippen molar-refractivity contribution in [3.05, 3.63) is 32.9 Å². The number of alkyl halides is 4. The molecule has 1 fully saturated rings. The zero-order chi connectivity index (χ0) is 31.1. The second-order valence-corrected chi connectivity index (χ2v) is 14.0. The molecular weight excluding hydrogens is 635 g/mol. The van der Waals surface area contributed by atoms with Gasteiger partial charge in [-0.3, -0.25) is 9.59 Å². The Morgan fingerprint density at radius 1 is 1.20 bits per heavy atom. The summed E-state index contributed by atoms with van der Waals surface area (Å²) in [5.74, 6) is -1.36. The Labute approximate surface area is 248 Å². The van der Waals surface area contributed by atoms with Gasteiger partial charge in [0.15, 0.2) is 5.01 Å². The molecule has 0 aliphatic carbocycles. The molecule has 0 bridgehead atoms. The number of nitrogens with one attached hydrogen (secondary N) is 2. The fourth-order valence-corrected chi connectivity index (χ4v) is 6.88. The minimum atomic E-state index is -4.86. The van der Waals surface area contributed by atoms with Crippen LogP contribution in [0, 0.1) is 0 Å². The van der Waals surface area contributed by atoms with E-state index < -0.39 is 60.3 Å². The quantitative estimate of drug-likeness (QED) is 0.348. The molecule has 2 heterocycles. The molecule has 1 aliphatic rings. The van der Waals surface area contributed by atoms with E-state index in [1.165, 1.54) is 30.4 Å². The molecule has 1 aromatic carbocycles. The molecule has 228 valence electrons. The molecule has 0 unspecified atom stereocenters. The van der Waals surface area contributed by atoms with Crippen molar-refractivity contribution in [1.82, 2.24) is 19.9 Å². The number of benzene rings is 1. The number of thiazole rings is 1. The first-order chi connectivity index (χ1) is 18.6. The predicted octanol–water partition coefficient (Wildman–Crippen LogP) is 4.81. The van der Waals surface area contributed by atoms with Gasteiger partial charge >= 0.3 is 6.18 Å². The molecule has 1 atom stereocenters. The van der Waals surface area contributed by atoms with Gasteiger partial charge in [-0.25, -0.2) is 17.8 Å². The second-order valence-electron chi connectivity index (χ2n) is 10.5. The lowest BCUT2D eigenvalue weighted by atomic mass is 9.95. The van der Waals surface area contributed by atoms with Gasteiger partial charge in [0.1, 0.15) is 22.3 Å². The summed E-state index contributed by atoms with van der Waals surface area (Å²) >= 11 is 13.3. The highest BCUT2D eigenvalue weighted by Crippen LogP contribution is 2.42. The number of likely N-dealkylation sites (tertiary alicyclic amines) is 1. The van der Waals surface area contributed by atoms with Gasteiger partial charge in [-0.2, -0.15) is 17.9 Å². The maximum Gasteiger partial charge on any atom is 0.404 e. The molecule has 3 N–H and O–H groups in total. The maximum absolute atomic E-state index is 14.3. The molecule has 0 radical (unpaired) electrons. The zero-order valence-corrected chi connectivity index (χ0v) is 25.5. The van der Waals surface area contributed by atoms with E-state index >= 15 is 0 Å².